The quantitative estimate of drug-likeness (QED) is 0.492. The summed E-state index contributed by atoms with van der Waals surface area (Å²) in [5, 5.41) is 11.3. The van der Waals surface area contributed by atoms with Crippen LogP contribution in [0.4, 0.5) is 18.9 Å². The molecule has 0 saturated carbocycles. The Morgan fingerprint density at radius 2 is 1.71 bits per heavy atom. The molecule has 0 aliphatic rings. The van der Waals surface area contributed by atoms with Crippen molar-refractivity contribution in [2.75, 3.05) is 5.32 Å². The van der Waals surface area contributed by atoms with Gasteiger partial charge in [0, 0.05) is 12.1 Å². The van der Waals surface area contributed by atoms with E-state index in [1.54, 1.807) is 54.6 Å². The fourth-order valence-electron chi connectivity index (χ4n) is 2.63. The predicted octanol–water partition coefficient (Wildman–Crippen LogP) is 5.21. The number of aromatic nitrogens is 1. The molecular formula is C21H17F3N2O4S. The van der Waals surface area contributed by atoms with Gasteiger partial charge >= 0.3 is 12.1 Å². The first kappa shape index (κ1) is 22.3. The predicted molar refractivity (Wildman–Crippen MR) is 109 cm³/mol. The third-order valence-corrected chi connectivity index (χ3v) is 5.12. The van der Waals surface area contributed by atoms with E-state index < -0.39 is 23.7 Å². The number of aliphatic carboxylic acids is 1. The summed E-state index contributed by atoms with van der Waals surface area (Å²) >= 11 is 0.917. The molecular weight excluding hydrogens is 433 g/mol. The summed E-state index contributed by atoms with van der Waals surface area (Å²) in [4.78, 5) is 25.9. The highest BCUT2D eigenvalue weighted by Gasteiger charge is 2.37. The number of halogens is 3. The normalized spacial score (nSPS) is 11.2. The van der Waals surface area contributed by atoms with Crippen molar-refractivity contribution < 1.29 is 32.6 Å². The molecule has 2 aromatic carbocycles. The van der Waals surface area contributed by atoms with Crippen molar-refractivity contribution in [1.29, 1.82) is 0 Å². The van der Waals surface area contributed by atoms with Crippen LogP contribution in [0.1, 0.15) is 23.5 Å². The van der Waals surface area contributed by atoms with Crippen molar-refractivity contribution in [3.8, 4) is 16.2 Å². The molecule has 3 aromatic rings. The summed E-state index contributed by atoms with van der Waals surface area (Å²) in [6.07, 6.45) is -5.00. The molecule has 1 aromatic heterocycles. The first-order chi connectivity index (χ1) is 14.7. The number of carbonyl (C=O) groups excluding carboxylic acids is 1. The topological polar surface area (TPSA) is 88.5 Å². The molecule has 31 heavy (non-hydrogen) atoms. The fraction of sp³-hybridized carbons (Fsp3) is 0.190. The van der Waals surface area contributed by atoms with Gasteiger partial charge in [-0.3, -0.25) is 9.59 Å². The Hall–Kier alpha value is -3.40. The summed E-state index contributed by atoms with van der Waals surface area (Å²) in [5.41, 5.74) is -0.0639. The van der Waals surface area contributed by atoms with Crippen LogP contribution >= 0.6 is 11.3 Å². The maximum atomic E-state index is 13.4. The number of carboxylic acid groups (broad SMARTS) is 1. The minimum Gasteiger partial charge on any atom is -0.486 e. The number of ether oxygens (including phenoxy) is 1. The lowest BCUT2D eigenvalue weighted by Gasteiger charge is -2.07. The van der Waals surface area contributed by atoms with Crippen LogP contribution < -0.4 is 10.1 Å². The molecule has 0 saturated heterocycles. The summed E-state index contributed by atoms with van der Waals surface area (Å²) < 4.78 is 45.7. The number of nitrogens with one attached hydrogen (secondary N) is 1. The second-order valence-electron chi connectivity index (χ2n) is 6.40. The lowest BCUT2D eigenvalue weighted by molar-refractivity contribution is -0.140. The van der Waals surface area contributed by atoms with Crippen molar-refractivity contribution in [1.82, 2.24) is 4.98 Å². The van der Waals surface area contributed by atoms with Gasteiger partial charge in [0.1, 0.15) is 17.4 Å². The molecule has 0 aliphatic carbocycles. The standard InChI is InChI=1S/C21H17F3N2O4S/c22-21(23,24)20-19(13-4-2-1-3-5-13)31-17(26-20)12-30-15-8-6-14(7-9-15)25-16(27)10-11-18(28)29/h1-9H,10-12H2,(H,25,27)(H,28,29). The zero-order valence-electron chi connectivity index (χ0n) is 16.0. The Balaban J connectivity index is 1.65. The summed E-state index contributed by atoms with van der Waals surface area (Å²) in [6.45, 7) is -0.148. The summed E-state index contributed by atoms with van der Waals surface area (Å²) in [7, 11) is 0. The smallest absolute Gasteiger partial charge is 0.434 e. The van der Waals surface area contributed by atoms with E-state index in [0.29, 0.717) is 17.0 Å². The average Bonchev–Trinajstić information content (AvgIpc) is 3.17. The maximum Gasteiger partial charge on any atom is 0.434 e. The molecule has 1 amide bonds. The van der Waals surface area contributed by atoms with Crippen LogP contribution in [0, 0.1) is 0 Å². The largest absolute Gasteiger partial charge is 0.486 e. The average molecular weight is 450 g/mol. The first-order valence-corrected chi connectivity index (χ1v) is 9.91. The highest BCUT2D eigenvalue weighted by molar-refractivity contribution is 7.15. The fourth-order valence-corrected chi connectivity index (χ4v) is 3.63. The van der Waals surface area contributed by atoms with Gasteiger partial charge in [0.05, 0.1) is 11.3 Å². The van der Waals surface area contributed by atoms with Crippen LogP contribution in [0.2, 0.25) is 0 Å². The molecule has 0 spiro atoms. The number of thiazole rings is 1. The van der Waals surface area contributed by atoms with E-state index in [1.165, 1.54) is 0 Å². The number of hydrogen-bond acceptors (Lipinski definition) is 5. The van der Waals surface area contributed by atoms with Gasteiger partial charge in [-0.2, -0.15) is 13.2 Å². The van der Waals surface area contributed by atoms with Gasteiger partial charge in [-0.25, -0.2) is 4.98 Å². The van der Waals surface area contributed by atoms with E-state index in [-0.39, 0.29) is 29.3 Å². The Kier molecular flexibility index (Phi) is 6.91. The zero-order valence-corrected chi connectivity index (χ0v) is 16.8. The summed E-state index contributed by atoms with van der Waals surface area (Å²) in [5.74, 6) is -1.12. The van der Waals surface area contributed by atoms with E-state index in [9.17, 15) is 22.8 Å². The lowest BCUT2D eigenvalue weighted by atomic mass is 10.1. The Bertz CT molecular complexity index is 1050. The minimum absolute atomic E-state index is 0.0334. The molecule has 3 rings (SSSR count). The van der Waals surface area contributed by atoms with Crippen LogP contribution in [-0.4, -0.2) is 22.0 Å². The Morgan fingerprint density at radius 1 is 1.03 bits per heavy atom. The second-order valence-corrected chi connectivity index (χ2v) is 7.49. The molecule has 162 valence electrons. The highest BCUT2D eigenvalue weighted by Crippen LogP contribution is 2.40. The van der Waals surface area contributed by atoms with Crippen molar-refractivity contribution in [2.24, 2.45) is 0 Å². The number of anilines is 1. The summed E-state index contributed by atoms with van der Waals surface area (Å²) in [6, 6.07) is 14.4. The second kappa shape index (κ2) is 9.61. The zero-order chi connectivity index (χ0) is 22.4. The molecule has 0 bridgehead atoms. The van der Waals surface area contributed by atoms with Crippen molar-refractivity contribution in [3.63, 3.8) is 0 Å². The number of carbonyl (C=O) groups is 2. The minimum atomic E-state index is -4.58. The van der Waals surface area contributed by atoms with Crippen LogP contribution in [0.5, 0.6) is 5.75 Å². The molecule has 0 radical (unpaired) electrons. The molecule has 0 unspecified atom stereocenters. The number of carboxylic acids is 1. The number of amides is 1. The molecule has 0 fully saturated rings. The third kappa shape index (κ3) is 6.29. The first-order valence-electron chi connectivity index (χ1n) is 9.09. The van der Waals surface area contributed by atoms with E-state index in [1.807, 2.05) is 0 Å². The molecule has 6 nitrogen and oxygen atoms in total. The van der Waals surface area contributed by atoms with Gasteiger partial charge in [0.15, 0.2) is 5.69 Å². The van der Waals surface area contributed by atoms with Crippen LogP contribution in [0.25, 0.3) is 10.4 Å². The van der Waals surface area contributed by atoms with E-state index >= 15 is 0 Å². The lowest BCUT2D eigenvalue weighted by Crippen LogP contribution is -2.13. The van der Waals surface area contributed by atoms with Gasteiger partial charge in [-0.1, -0.05) is 30.3 Å². The van der Waals surface area contributed by atoms with E-state index in [0.717, 1.165) is 11.3 Å². The van der Waals surface area contributed by atoms with Crippen molar-refractivity contribution >= 4 is 28.9 Å². The van der Waals surface area contributed by atoms with Crippen LogP contribution in [-0.2, 0) is 22.4 Å². The van der Waals surface area contributed by atoms with Gasteiger partial charge in [-0.05, 0) is 29.8 Å². The maximum absolute atomic E-state index is 13.4. The monoisotopic (exact) mass is 450 g/mol. The molecule has 10 heteroatoms. The number of hydrogen-bond donors (Lipinski definition) is 2. The SMILES string of the molecule is O=C(O)CCC(=O)Nc1ccc(OCc2nc(C(F)(F)F)c(-c3ccccc3)s2)cc1. The molecule has 0 aliphatic heterocycles. The molecule has 2 N–H and O–H groups in total. The Morgan fingerprint density at radius 3 is 2.32 bits per heavy atom. The number of rotatable bonds is 8. The molecule has 1 heterocycles. The van der Waals surface area contributed by atoms with Gasteiger partial charge in [0.2, 0.25) is 5.91 Å². The van der Waals surface area contributed by atoms with Gasteiger partial charge < -0.3 is 15.2 Å². The van der Waals surface area contributed by atoms with Gasteiger partial charge in [-0.15, -0.1) is 11.3 Å². The number of benzene rings is 2. The van der Waals surface area contributed by atoms with Crippen molar-refractivity contribution in [2.45, 2.75) is 25.6 Å². The van der Waals surface area contributed by atoms with Crippen LogP contribution in [0.3, 0.4) is 0 Å². The van der Waals surface area contributed by atoms with Crippen LogP contribution in [0.15, 0.2) is 54.6 Å². The number of nitrogens with zero attached hydrogens (tertiary/aromatic N) is 1. The van der Waals surface area contributed by atoms with Gasteiger partial charge in [0.25, 0.3) is 0 Å². The van der Waals surface area contributed by atoms with Crippen molar-refractivity contribution in [3.05, 3.63) is 65.3 Å². The highest BCUT2D eigenvalue weighted by atomic mass is 32.1. The van der Waals surface area contributed by atoms with E-state index in [2.05, 4.69) is 10.3 Å². The number of alkyl halides is 3. The molecule has 0 atom stereocenters. The third-order valence-electron chi connectivity index (χ3n) is 4.04. The van der Waals surface area contributed by atoms with E-state index in [4.69, 9.17) is 9.84 Å². The Labute approximate surface area is 179 Å².